The SMILES string of the molecule is C=C/C(=C\C(=C)O)CO. The Labute approximate surface area is 54.4 Å². The van der Waals surface area contributed by atoms with Crippen LogP contribution in [0.2, 0.25) is 0 Å². The van der Waals surface area contributed by atoms with Gasteiger partial charge in [-0.2, -0.15) is 0 Å². The molecule has 2 nitrogen and oxygen atoms in total. The van der Waals surface area contributed by atoms with E-state index in [2.05, 4.69) is 13.2 Å². The molecular formula is C7H10O2. The third kappa shape index (κ3) is 3.55. The molecule has 2 heteroatoms. The second kappa shape index (κ2) is 3.92. The van der Waals surface area contributed by atoms with Gasteiger partial charge < -0.3 is 10.2 Å². The number of aliphatic hydroxyl groups excluding tert-OH is 2. The minimum absolute atomic E-state index is 0.0704. The highest BCUT2D eigenvalue weighted by Gasteiger charge is 1.86. The van der Waals surface area contributed by atoms with Crippen molar-refractivity contribution < 1.29 is 10.2 Å². The predicted octanol–water partition coefficient (Wildman–Crippen LogP) is 1.16. The zero-order valence-electron chi connectivity index (χ0n) is 5.17. The molecule has 0 rings (SSSR count). The third-order valence-corrected chi connectivity index (χ3v) is 0.797. The summed E-state index contributed by atoms with van der Waals surface area (Å²) in [6.07, 6.45) is 2.81. The summed E-state index contributed by atoms with van der Waals surface area (Å²) in [7, 11) is 0. The smallest absolute Gasteiger partial charge is 0.108 e. The summed E-state index contributed by atoms with van der Waals surface area (Å²) in [5.74, 6) is -0.0704. The van der Waals surface area contributed by atoms with Crippen LogP contribution in [0.15, 0.2) is 36.6 Å². The van der Waals surface area contributed by atoms with Crippen LogP contribution >= 0.6 is 0 Å². The van der Waals surface area contributed by atoms with E-state index in [0.29, 0.717) is 5.57 Å². The molecule has 9 heavy (non-hydrogen) atoms. The molecule has 0 aliphatic rings. The second-order valence-corrected chi connectivity index (χ2v) is 1.57. The Kier molecular flexibility index (Phi) is 3.48. The van der Waals surface area contributed by atoms with Crippen molar-refractivity contribution in [2.75, 3.05) is 6.61 Å². The first-order chi connectivity index (χ1) is 4.20. The summed E-state index contributed by atoms with van der Waals surface area (Å²) >= 11 is 0. The zero-order chi connectivity index (χ0) is 7.28. The Balaban J connectivity index is 4.07. The van der Waals surface area contributed by atoms with E-state index in [9.17, 15) is 0 Å². The molecule has 0 amide bonds. The Morgan fingerprint density at radius 1 is 1.56 bits per heavy atom. The maximum atomic E-state index is 8.56. The first-order valence-electron chi connectivity index (χ1n) is 2.52. The fraction of sp³-hybridized carbons (Fsp3) is 0.143. The molecule has 2 N–H and O–H groups in total. The lowest BCUT2D eigenvalue weighted by atomic mass is 10.2. The lowest BCUT2D eigenvalue weighted by Crippen LogP contribution is -1.85. The summed E-state index contributed by atoms with van der Waals surface area (Å²) in [6.45, 7) is 6.49. The monoisotopic (exact) mass is 126 g/mol. The Hall–Kier alpha value is -1.02. The molecule has 0 aliphatic heterocycles. The molecule has 0 aliphatic carbocycles. The van der Waals surface area contributed by atoms with Crippen molar-refractivity contribution in [1.82, 2.24) is 0 Å². The van der Waals surface area contributed by atoms with Gasteiger partial charge in [0.2, 0.25) is 0 Å². The van der Waals surface area contributed by atoms with Crippen LogP contribution in [0.3, 0.4) is 0 Å². The van der Waals surface area contributed by atoms with Crippen LogP contribution in [-0.4, -0.2) is 16.8 Å². The van der Waals surface area contributed by atoms with E-state index in [1.807, 2.05) is 0 Å². The first-order valence-corrected chi connectivity index (χ1v) is 2.52. The van der Waals surface area contributed by atoms with E-state index in [-0.39, 0.29) is 12.4 Å². The van der Waals surface area contributed by atoms with Crippen molar-refractivity contribution in [2.24, 2.45) is 0 Å². The number of aliphatic hydroxyl groups is 2. The highest BCUT2D eigenvalue weighted by molar-refractivity contribution is 5.23. The van der Waals surface area contributed by atoms with Gasteiger partial charge in [0, 0.05) is 0 Å². The van der Waals surface area contributed by atoms with E-state index in [1.54, 1.807) is 0 Å². The molecule has 50 valence electrons. The van der Waals surface area contributed by atoms with Crippen molar-refractivity contribution >= 4 is 0 Å². The van der Waals surface area contributed by atoms with Gasteiger partial charge in [0.15, 0.2) is 0 Å². The normalized spacial score (nSPS) is 11.0. The second-order valence-electron chi connectivity index (χ2n) is 1.57. The average molecular weight is 126 g/mol. The number of rotatable bonds is 3. The number of hydrogen-bond acceptors (Lipinski definition) is 2. The topological polar surface area (TPSA) is 40.5 Å². The van der Waals surface area contributed by atoms with Crippen LogP contribution in [0.1, 0.15) is 0 Å². The number of hydrogen-bond donors (Lipinski definition) is 2. The van der Waals surface area contributed by atoms with Gasteiger partial charge in [-0.1, -0.05) is 19.2 Å². The van der Waals surface area contributed by atoms with Gasteiger partial charge in [0.05, 0.1) is 6.61 Å². The molecule has 0 aromatic heterocycles. The lowest BCUT2D eigenvalue weighted by Gasteiger charge is -1.92. The van der Waals surface area contributed by atoms with E-state index in [1.165, 1.54) is 12.2 Å². The molecule has 0 saturated heterocycles. The molecule has 0 radical (unpaired) electrons. The average Bonchev–Trinajstić information content (AvgIpc) is 1.82. The quantitative estimate of drug-likeness (QED) is 0.440. The molecule has 0 saturated carbocycles. The van der Waals surface area contributed by atoms with Crippen LogP contribution in [0.25, 0.3) is 0 Å². The predicted molar refractivity (Wildman–Crippen MR) is 37.1 cm³/mol. The van der Waals surface area contributed by atoms with Gasteiger partial charge in [-0.05, 0) is 11.6 Å². The van der Waals surface area contributed by atoms with Gasteiger partial charge in [0.1, 0.15) is 5.76 Å². The highest BCUT2D eigenvalue weighted by atomic mass is 16.3. The third-order valence-electron chi connectivity index (χ3n) is 0.797. The van der Waals surface area contributed by atoms with Gasteiger partial charge >= 0.3 is 0 Å². The van der Waals surface area contributed by atoms with Crippen LogP contribution < -0.4 is 0 Å². The van der Waals surface area contributed by atoms with E-state index in [4.69, 9.17) is 10.2 Å². The van der Waals surface area contributed by atoms with E-state index < -0.39 is 0 Å². The maximum absolute atomic E-state index is 8.56. The molecule has 0 spiro atoms. The molecule has 0 fully saturated rings. The largest absolute Gasteiger partial charge is 0.509 e. The van der Waals surface area contributed by atoms with Gasteiger partial charge in [0.25, 0.3) is 0 Å². The van der Waals surface area contributed by atoms with E-state index >= 15 is 0 Å². The standard InChI is InChI=1S/C7H10O2/c1-3-7(5-8)4-6(2)9/h3-4,8-9H,1-2,5H2/b7-4+. The van der Waals surface area contributed by atoms with Crippen molar-refractivity contribution in [3.8, 4) is 0 Å². The summed E-state index contributed by atoms with van der Waals surface area (Å²) in [4.78, 5) is 0. The van der Waals surface area contributed by atoms with Gasteiger partial charge in [-0.15, -0.1) is 0 Å². The van der Waals surface area contributed by atoms with E-state index in [0.717, 1.165) is 0 Å². The maximum Gasteiger partial charge on any atom is 0.108 e. The van der Waals surface area contributed by atoms with Crippen molar-refractivity contribution in [1.29, 1.82) is 0 Å². The van der Waals surface area contributed by atoms with Crippen LogP contribution in [0.4, 0.5) is 0 Å². The first kappa shape index (κ1) is 7.98. The molecule has 0 bridgehead atoms. The Morgan fingerprint density at radius 3 is 2.22 bits per heavy atom. The minimum Gasteiger partial charge on any atom is -0.509 e. The van der Waals surface area contributed by atoms with Crippen LogP contribution in [-0.2, 0) is 0 Å². The van der Waals surface area contributed by atoms with Crippen LogP contribution in [0, 0.1) is 0 Å². The summed E-state index contributed by atoms with van der Waals surface area (Å²) in [6, 6.07) is 0. The molecule has 0 unspecified atom stereocenters. The number of allylic oxidation sites excluding steroid dienone is 1. The highest BCUT2D eigenvalue weighted by Crippen LogP contribution is 1.96. The van der Waals surface area contributed by atoms with Crippen LogP contribution in [0.5, 0.6) is 0 Å². The molecular weight excluding hydrogens is 116 g/mol. The molecule has 0 aromatic carbocycles. The van der Waals surface area contributed by atoms with Crippen molar-refractivity contribution in [3.05, 3.63) is 36.6 Å². The van der Waals surface area contributed by atoms with Crippen molar-refractivity contribution in [2.45, 2.75) is 0 Å². The Bertz CT molecular complexity index is 145. The van der Waals surface area contributed by atoms with Crippen molar-refractivity contribution in [3.63, 3.8) is 0 Å². The fourth-order valence-corrected chi connectivity index (χ4v) is 0.383. The Morgan fingerprint density at radius 2 is 2.11 bits per heavy atom. The summed E-state index contributed by atoms with van der Waals surface area (Å²) in [5.41, 5.74) is 0.558. The van der Waals surface area contributed by atoms with Gasteiger partial charge in [-0.3, -0.25) is 0 Å². The minimum atomic E-state index is -0.122. The molecule has 0 aromatic rings. The zero-order valence-corrected chi connectivity index (χ0v) is 5.17. The fourth-order valence-electron chi connectivity index (χ4n) is 0.383. The summed E-state index contributed by atoms with van der Waals surface area (Å²) < 4.78 is 0. The molecule has 0 atom stereocenters. The summed E-state index contributed by atoms with van der Waals surface area (Å²) in [5, 5.41) is 17.0. The van der Waals surface area contributed by atoms with Gasteiger partial charge in [-0.25, -0.2) is 0 Å². The molecule has 0 heterocycles. The lowest BCUT2D eigenvalue weighted by molar-refractivity contribution is 0.333.